The molecule has 92 valence electrons. The van der Waals surface area contributed by atoms with Crippen molar-refractivity contribution in [2.45, 2.75) is 13.0 Å². The van der Waals surface area contributed by atoms with Gasteiger partial charge in [-0.2, -0.15) is 0 Å². The van der Waals surface area contributed by atoms with Crippen molar-refractivity contribution in [3.8, 4) is 0 Å². The second-order valence-corrected chi connectivity index (χ2v) is 5.03. The third-order valence-electron chi connectivity index (χ3n) is 3.89. The fraction of sp³-hybridized carbons (Fsp3) is 0.667. The minimum absolute atomic E-state index is 0.285. The van der Waals surface area contributed by atoms with Gasteiger partial charge in [0.25, 0.3) is 0 Å². The summed E-state index contributed by atoms with van der Waals surface area (Å²) in [6, 6.07) is 0. The average Bonchev–Trinajstić information content (AvgIpc) is 3.01. The summed E-state index contributed by atoms with van der Waals surface area (Å²) in [5.74, 6) is 1.66. The van der Waals surface area contributed by atoms with Crippen LogP contribution in [0.4, 0.5) is 0 Å². The number of nitrogens with zero attached hydrogens (tertiary/aromatic N) is 3. The highest BCUT2D eigenvalue weighted by molar-refractivity contribution is 5.76. The first-order chi connectivity index (χ1) is 8.33. The first-order valence-electron chi connectivity index (χ1n) is 6.27. The van der Waals surface area contributed by atoms with E-state index in [2.05, 4.69) is 10.3 Å². The minimum atomic E-state index is 0.285. The lowest BCUT2D eigenvalue weighted by molar-refractivity contribution is -0.130. The number of hydrogen-bond donors (Lipinski definition) is 1. The quantitative estimate of drug-likeness (QED) is 0.798. The number of carbonyl (C=O) groups excluding carboxylic acids is 1. The van der Waals surface area contributed by atoms with E-state index in [1.165, 1.54) is 0 Å². The number of aromatic nitrogens is 2. The van der Waals surface area contributed by atoms with Crippen LogP contribution in [0, 0.1) is 11.8 Å². The number of likely N-dealkylation sites (tertiary alicyclic amines) is 1. The molecule has 0 aliphatic carbocycles. The van der Waals surface area contributed by atoms with Gasteiger partial charge in [0.05, 0.1) is 6.33 Å². The molecule has 0 bridgehead atoms. The smallest absolute Gasteiger partial charge is 0.224 e. The maximum Gasteiger partial charge on any atom is 0.224 e. The summed E-state index contributed by atoms with van der Waals surface area (Å²) in [7, 11) is 0. The third-order valence-corrected chi connectivity index (χ3v) is 3.89. The summed E-state index contributed by atoms with van der Waals surface area (Å²) in [5, 5.41) is 3.39. The standard InChI is InChI=1S/C12H18N4O/c17-12(1-3-15-4-2-13-9-15)16-7-10-5-14-6-11(10)8-16/h2,4,9-11,14H,1,3,5-8H2. The Balaban J connectivity index is 1.50. The molecule has 1 aromatic heterocycles. The van der Waals surface area contributed by atoms with E-state index in [1.54, 1.807) is 12.5 Å². The molecule has 5 heteroatoms. The van der Waals surface area contributed by atoms with E-state index in [0.717, 1.165) is 32.7 Å². The lowest BCUT2D eigenvalue weighted by Crippen LogP contribution is -2.32. The van der Waals surface area contributed by atoms with E-state index in [4.69, 9.17) is 0 Å². The van der Waals surface area contributed by atoms with Crippen LogP contribution in [-0.4, -0.2) is 46.5 Å². The van der Waals surface area contributed by atoms with Gasteiger partial charge in [0.1, 0.15) is 0 Å². The van der Waals surface area contributed by atoms with Gasteiger partial charge in [0.2, 0.25) is 5.91 Å². The van der Waals surface area contributed by atoms with Crippen molar-refractivity contribution in [3.05, 3.63) is 18.7 Å². The zero-order valence-corrected chi connectivity index (χ0v) is 9.88. The molecule has 1 amide bonds. The summed E-state index contributed by atoms with van der Waals surface area (Å²) in [4.78, 5) is 18.1. The Morgan fingerprint density at radius 1 is 1.35 bits per heavy atom. The van der Waals surface area contributed by atoms with E-state index in [0.29, 0.717) is 18.3 Å². The predicted octanol–water partition coefficient (Wildman–Crippen LogP) is -0.0490. The van der Waals surface area contributed by atoms with E-state index in [1.807, 2.05) is 15.7 Å². The highest BCUT2D eigenvalue weighted by Crippen LogP contribution is 2.26. The summed E-state index contributed by atoms with van der Waals surface area (Å²) in [6.07, 6.45) is 5.99. The monoisotopic (exact) mass is 234 g/mol. The van der Waals surface area contributed by atoms with Crippen LogP contribution in [0.25, 0.3) is 0 Å². The number of carbonyl (C=O) groups is 1. The van der Waals surface area contributed by atoms with E-state index in [9.17, 15) is 4.79 Å². The number of rotatable bonds is 3. The average molecular weight is 234 g/mol. The molecule has 5 nitrogen and oxygen atoms in total. The Morgan fingerprint density at radius 3 is 2.76 bits per heavy atom. The molecule has 0 aromatic carbocycles. The van der Waals surface area contributed by atoms with E-state index >= 15 is 0 Å². The minimum Gasteiger partial charge on any atom is -0.342 e. The van der Waals surface area contributed by atoms with Crippen LogP contribution in [-0.2, 0) is 11.3 Å². The largest absolute Gasteiger partial charge is 0.342 e. The van der Waals surface area contributed by atoms with Crippen molar-refractivity contribution < 1.29 is 4.79 Å². The van der Waals surface area contributed by atoms with Crippen molar-refractivity contribution >= 4 is 5.91 Å². The first kappa shape index (κ1) is 10.8. The van der Waals surface area contributed by atoms with Crippen LogP contribution in [0.3, 0.4) is 0 Å². The summed E-state index contributed by atoms with van der Waals surface area (Å²) in [5.41, 5.74) is 0. The van der Waals surface area contributed by atoms with Gasteiger partial charge in [0.15, 0.2) is 0 Å². The Bertz CT molecular complexity index is 377. The molecule has 1 aromatic rings. The molecule has 2 unspecified atom stereocenters. The zero-order chi connectivity index (χ0) is 11.7. The van der Waals surface area contributed by atoms with Gasteiger partial charge in [-0.25, -0.2) is 4.98 Å². The van der Waals surface area contributed by atoms with Gasteiger partial charge in [-0.3, -0.25) is 4.79 Å². The number of fused-ring (bicyclic) bond motifs is 1. The first-order valence-corrected chi connectivity index (χ1v) is 6.27. The SMILES string of the molecule is O=C(CCn1ccnc1)N1CC2CNCC2C1. The maximum atomic E-state index is 12.0. The van der Waals surface area contributed by atoms with Gasteiger partial charge in [-0.1, -0.05) is 0 Å². The molecule has 2 atom stereocenters. The Labute approximate surface area is 101 Å². The van der Waals surface area contributed by atoms with Crippen LogP contribution >= 0.6 is 0 Å². The van der Waals surface area contributed by atoms with Gasteiger partial charge in [-0.05, 0) is 11.8 Å². The second kappa shape index (κ2) is 4.49. The molecule has 3 heterocycles. The number of hydrogen-bond acceptors (Lipinski definition) is 3. The van der Waals surface area contributed by atoms with Crippen molar-refractivity contribution in [2.75, 3.05) is 26.2 Å². The zero-order valence-electron chi connectivity index (χ0n) is 9.88. The fourth-order valence-electron chi connectivity index (χ4n) is 2.86. The summed E-state index contributed by atoms with van der Waals surface area (Å²) in [6.45, 7) is 4.79. The van der Waals surface area contributed by atoms with E-state index < -0.39 is 0 Å². The van der Waals surface area contributed by atoms with Crippen molar-refractivity contribution in [2.24, 2.45) is 11.8 Å². The molecule has 2 aliphatic heterocycles. The molecule has 0 saturated carbocycles. The van der Waals surface area contributed by atoms with Crippen LogP contribution in [0.1, 0.15) is 6.42 Å². The van der Waals surface area contributed by atoms with Crippen LogP contribution in [0.2, 0.25) is 0 Å². The molecular weight excluding hydrogens is 216 g/mol. The van der Waals surface area contributed by atoms with Gasteiger partial charge < -0.3 is 14.8 Å². The summed E-state index contributed by atoms with van der Waals surface area (Å²) >= 11 is 0. The fourth-order valence-corrected chi connectivity index (χ4v) is 2.86. The third kappa shape index (κ3) is 2.20. The number of aryl methyl sites for hydroxylation is 1. The lowest BCUT2D eigenvalue weighted by Gasteiger charge is -2.17. The molecule has 3 rings (SSSR count). The Morgan fingerprint density at radius 2 is 2.12 bits per heavy atom. The molecule has 2 saturated heterocycles. The Kier molecular flexibility index (Phi) is 2.84. The van der Waals surface area contributed by atoms with Gasteiger partial charge in [0, 0.05) is 51.5 Å². The molecule has 2 aliphatic rings. The highest BCUT2D eigenvalue weighted by Gasteiger charge is 2.37. The molecule has 17 heavy (non-hydrogen) atoms. The van der Waals surface area contributed by atoms with Crippen LogP contribution < -0.4 is 5.32 Å². The van der Waals surface area contributed by atoms with E-state index in [-0.39, 0.29) is 5.91 Å². The molecular formula is C12H18N4O. The summed E-state index contributed by atoms with van der Waals surface area (Å²) < 4.78 is 1.95. The molecule has 2 fully saturated rings. The topological polar surface area (TPSA) is 50.2 Å². The predicted molar refractivity (Wildman–Crippen MR) is 63.3 cm³/mol. The Hall–Kier alpha value is -1.36. The van der Waals surface area contributed by atoms with Gasteiger partial charge >= 0.3 is 0 Å². The van der Waals surface area contributed by atoms with Crippen molar-refractivity contribution in [1.29, 1.82) is 0 Å². The lowest BCUT2D eigenvalue weighted by atomic mass is 10.0. The van der Waals surface area contributed by atoms with Crippen LogP contribution in [0.15, 0.2) is 18.7 Å². The molecule has 1 N–H and O–H groups in total. The molecule has 0 radical (unpaired) electrons. The number of nitrogens with one attached hydrogen (secondary N) is 1. The normalized spacial score (nSPS) is 27.4. The molecule has 0 spiro atoms. The maximum absolute atomic E-state index is 12.0. The van der Waals surface area contributed by atoms with Crippen LogP contribution in [0.5, 0.6) is 0 Å². The highest BCUT2D eigenvalue weighted by atomic mass is 16.2. The van der Waals surface area contributed by atoms with Crippen molar-refractivity contribution in [3.63, 3.8) is 0 Å². The second-order valence-electron chi connectivity index (χ2n) is 5.03. The number of amides is 1. The van der Waals surface area contributed by atoms with Gasteiger partial charge in [-0.15, -0.1) is 0 Å². The van der Waals surface area contributed by atoms with Crippen molar-refractivity contribution in [1.82, 2.24) is 19.8 Å². The number of imidazole rings is 1.